The molecule has 0 radical (unpaired) electrons. The van der Waals surface area contributed by atoms with Crippen LogP contribution in [0.1, 0.15) is 23.6 Å². The number of likely N-dealkylation sites (N-methyl/N-ethyl adjacent to an activating group) is 1. The third-order valence-corrected chi connectivity index (χ3v) is 8.88. The normalized spacial score (nSPS) is 11.9. The number of nitrogens with one attached hydrogen (secondary N) is 1. The molecule has 224 valence electrons. The predicted octanol–water partition coefficient (Wildman–Crippen LogP) is 5.76. The first-order valence-electron chi connectivity index (χ1n) is 13.8. The lowest BCUT2D eigenvalue weighted by atomic mass is 10.0. The van der Waals surface area contributed by atoms with Gasteiger partial charge in [-0.05, 0) is 61.4 Å². The van der Waals surface area contributed by atoms with Crippen LogP contribution in [0, 0.1) is 12.7 Å². The molecule has 2 amide bonds. The molecule has 0 bridgehead atoms. The SMILES string of the molecule is CCNC(=O)C(Cc1ccccc1)N(Cc1cccc(Cl)c1)C(=O)CN(c1ccccc1F)S(=O)(=O)c1ccc(C)cc1. The minimum absolute atomic E-state index is 0.0380. The summed E-state index contributed by atoms with van der Waals surface area (Å²) in [7, 11) is -4.39. The molecule has 0 aromatic heterocycles. The average Bonchev–Trinajstić information content (AvgIpc) is 2.99. The number of carbonyl (C=O) groups is 2. The van der Waals surface area contributed by atoms with Gasteiger partial charge in [0, 0.05) is 24.5 Å². The first kappa shape index (κ1) is 31.7. The molecule has 0 aliphatic carbocycles. The number of rotatable bonds is 12. The number of anilines is 1. The van der Waals surface area contributed by atoms with E-state index in [1.165, 1.54) is 35.2 Å². The topological polar surface area (TPSA) is 86.8 Å². The summed E-state index contributed by atoms with van der Waals surface area (Å²) in [5.74, 6) is -1.90. The van der Waals surface area contributed by atoms with Gasteiger partial charge in [-0.1, -0.05) is 83.9 Å². The zero-order chi connectivity index (χ0) is 31.0. The maximum absolute atomic E-state index is 15.2. The fourth-order valence-corrected chi connectivity index (χ4v) is 6.32. The van der Waals surface area contributed by atoms with Crippen LogP contribution in [0.25, 0.3) is 0 Å². The van der Waals surface area contributed by atoms with Crippen molar-refractivity contribution >= 4 is 39.1 Å². The molecule has 10 heteroatoms. The number of halogens is 2. The van der Waals surface area contributed by atoms with E-state index in [0.717, 1.165) is 21.5 Å². The molecular weight excluding hydrogens is 589 g/mol. The number of carbonyl (C=O) groups excluding carboxylic acids is 2. The summed E-state index contributed by atoms with van der Waals surface area (Å²) in [5, 5.41) is 3.25. The molecule has 0 saturated carbocycles. The minimum atomic E-state index is -4.39. The summed E-state index contributed by atoms with van der Waals surface area (Å²) in [6.07, 6.45) is 0.170. The molecule has 0 heterocycles. The Kier molecular flexibility index (Phi) is 10.6. The number of sulfonamides is 1. The maximum atomic E-state index is 15.2. The van der Waals surface area contributed by atoms with Gasteiger partial charge in [-0.25, -0.2) is 12.8 Å². The van der Waals surface area contributed by atoms with Gasteiger partial charge in [-0.3, -0.25) is 13.9 Å². The Bertz CT molecular complexity index is 1670. The van der Waals surface area contributed by atoms with Crippen LogP contribution in [-0.2, 0) is 32.6 Å². The second-order valence-corrected chi connectivity index (χ2v) is 12.3. The lowest BCUT2D eigenvalue weighted by Crippen LogP contribution is -2.53. The Balaban J connectivity index is 1.80. The zero-order valence-corrected chi connectivity index (χ0v) is 25.5. The summed E-state index contributed by atoms with van der Waals surface area (Å²) in [6.45, 7) is 3.13. The van der Waals surface area contributed by atoms with Crippen LogP contribution in [-0.4, -0.2) is 44.3 Å². The molecule has 0 aliphatic rings. The van der Waals surface area contributed by atoms with Crippen molar-refractivity contribution in [2.45, 2.75) is 37.8 Å². The predicted molar refractivity (Wildman–Crippen MR) is 167 cm³/mol. The molecule has 4 aromatic rings. The fraction of sp³-hybridized carbons (Fsp3) is 0.212. The van der Waals surface area contributed by atoms with E-state index in [1.54, 1.807) is 43.3 Å². The average molecular weight is 622 g/mol. The van der Waals surface area contributed by atoms with Gasteiger partial charge in [-0.15, -0.1) is 0 Å². The van der Waals surface area contributed by atoms with E-state index in [-0.39, 0.29) is 23.5 Å². The zero-order valence-electron chi connectivity index (χ0n) is 23.9. The highest BCUT2D eigenvalue weighted by Crippen LogP contribution is 2.27. The van der Waals surface area contributed by atoms with Crippen LogP contribution in [0.2, 0.25) is 5.02 Å². The quantitative estimate of drug-likeness (QED) is 0.218. The van der Waals surface area contributed by atoms with Crippen LogP contribution >= 0.6 is 11.6 Å². The molecule has 1 atom stereocenters. The first-order valence-corrected chi connectivity index (χ1v) is 15.6. The van der Waals surface area contributed by atoms with Crippen LogP contribution < -0.4 is 9.62 Å². The molecule has 1 N–H and O–H groups in total. The Morgan fingerprint density at radius 1 is 0.884 bits per heavy atom. The monoisotopic (exact) mass is 621 g/mol. The number of aryl methyl sites for hydroxylation is 1. The van der Waals surface area contributed by atoms with E-state index in [2.05, 4.69) is 5.32 Å². The van der Waals surface area contributed by atoms with E-state index in [1.807, 2.05) is 37.3 Å². The van der Waals surface area contributed by atoms with Crippen molar-refractivity contribution in [2.24, 2.45) is 0 Å². The Labute approximate surface area is 257 Å². The Morgan fingerprint density at radius 3 is 2.19 bits per heavy atom. The van der Waals surface area contributed by atoms with Crippen molar-refractivity contribution in [1.29, 1.82) is 0 Å². The Morgan fingerprint density at radius 2 is 1.53 bits per heavy atom. The largest absolute Gasteiger partial charge is 0.355 e. The third-order valence-electron chi connectivity index (χ3n) is 6.87. The summed E-state index contributed by atoms with van der Waals surface area (Å²) >= 11 is 6.24. The summed E-state index contributed by atoms with van der Waals surface area (Å²) in [5.41, 5.74) is 2.01. The number of benzene rings is 4. The molecule has 0 saturated heterocycles. The number of amides is 2. The molecule has 4 aromatic carbocycles. The lowest BCUT2D eigenvalue weighted by molar-refractivity contribution is -0.140. The second-order valence-electron chi connectivity index (χ2n) is 10.0. The van der Waals surface area contributed by atoms with Crippen LogP contribution in [0.4, 0.5) is 10.1 Å². The highest BCUT2D eigenvalue weighted by molar-refractivity contribution is 7.92. The highest BCUT2D eigenvalue weighted by Gasteiger charge is 2.35. The highest BCUT2D eigenvalue weighted by atomic mass is 35.5. The number of para-hydroxylation sites is 1. The van der Waals surface area contributed by atoms with Crippen LogP contribution in [0.3, 0.4) is 0 Å². The summed E-state index contributed by atoms with van der Waals surface area (Å²) in [6, 6.07) is 26.5. The van der Waals surface area contributed by atoms with Gasteiger partial charge in [0.2, 0.25) is 11.8 Å². The Hall–Kier alpha value is -4.21. The number of hydrogen-bond donors (Lipinski definition) is 1. The van der Waals surface area contributed by atoms with Crippen molar-refractivity contribution in [1.82, 2.24) is 10.2 Å². The minimum Gasteiger partial charge on any atom is -0.355 e. The van der Waals surface area contributed by atoms with Gasteiger partial charge in [-0.2, -0.15) is 0 Å². The third kappa shape index (κ3) is 8.00. The molecule has 43 heavy (non-hydrogen) atoms. The van der Waals surface area contributed by atoms with Crippen LogP contribution in [0.5, 0.6) is 0 Å². The second kappa shape index (κ2) is 14.3. The van der Waals surface area contributed by atoms with Crippen molar-refractivity contribution in [2.75, 3.05) is 17.4 Å². The molecule has 0 aliphatic heterocycles. The van der Waals surface area contributed by atoms with E-state index >= 15 is 4.39 Å². The molecule has 4 rings (SSSR count). The van der Waals surface area contributed by atoms with Gasteiger partial charge in [0.05, 0.1) is 10.6 Å². The number of nitrogens with zero attached hydrogens (tertiary/aromatic N) is 2. The summed E-state index contributed by atoms with van der Waals surface area (Å²) < 4.78 is 43.8. The van der Waals surface area contributed by atoms with E-state index in [4.69, 9.17) is 11.6 Å². The molecule has 7 nitrogen and oxygen atoms in total. The van der Waals surface area contributed by atoms with Gasteiger partial charge in [0.25, 0.3) is 10.0 Å². The lowest BCUT2D eigenvalue weighted by Gasteiger charge is -2.34. The van der Waals surface area contributed by atoms with Gasteiger partial charge in [0.1, 0.15) is 18.4 Å². The molecule has 0 spiro atoms. The molecule has 1 unspecified atom stereocenters. The van der Waals surface area contributed by atoms with Crippen LogP contribution in [0.15, 0.2) is 108 Å². The van der Waals surface area contributed by atoms with Crippen molar-refractivity contribution in [3.05, 3.63) is 131 Å². The smallest absolute Gasteiger partial charge is 0.264 e. The summed E-state index contributed by atoms with van der Waals surface area (Å²) in [4.78, 5) is 29.0. The van der Waals surface area contributed by atoms with E-state index in [0.29, 0.717) is 17.1 Å². The fourth-order valence-electron chi connectivity index (χ4n) is 4.68. The van der Waals surface area contributed by atoms with Gasteiger partial charge in [0.15, 0.2) is 0 Å². The molecule has 0 fully saturated rings. The van der Waals surface area contributed by atoms with Crippen molar-refractivity contribution in [3.63, 3.8) is 0 Å². The maximum Gasteiger partial charge on any atom is 0.264 e. The van der Waals surface area contributed by atoms with Gasteiger partial charge < -0.3 is 10.2 Å². The van der Waals surface area contributed by atoms with Crippen molar-refractivity contribution in [3.8, 4) is 0 Å². The van der Waals surface area contributed by atoms with Gasteiger partial charge >= 0.3 is 0 Å². The van der Waals surface area contributed by atoms with Crippen molar-refractivity contribution < 1.29 is 22.4 Å². The van der Waals surface area contributed by atoms with E-state index < -0.39 is 40.2 Å². The first-order chi connectivity index (χ1) is 20.6. The standard InChI is InChI=1S/C33H33ClFN3O4S/c1-3-36-33(40)31(21-25-10-5-4-6-11-25)37(22-26-12-9-13-27(34)20-26)32(39)23-38(30-15-8-7-14-29(30)35)43(41,42)28-18-16-24(2)17-19-28/h4-20,31H,3,21-23H2,1-2H3,(H,36,40). The molecular formula is C33H33ClFN3O4S. The number of hydrogen-bond acceptors (Lipinski definition) is 4. The van der Waals surface area contributed by atoms with E-state index in [9.17, 15) is 18.0 Å².